The smallest absolute Gasteiger partial charge is 0.0848 e. The summed E-state index contributed by atoms with van der Waals surface area (Å²) in [6.07, 6.45) is 4.61. The van der Waals surface area contributed by atoms with Crippen LogP contribution in [0.5, 0.6) is 0 Å². The number of pyridine rings is 1. The first-order valence-corrected chi connectivity index (χ1v) is 4.99. The molecule has 0 unspecified atom stereocenters. The largest absolute Gasteiger partial charge is 0.259 e. The van der Waals surface area contributed by atoms with Crippen molar-refractivity contribution in [3.8, 4) is 0 Å². The summed E-state index contributed by atoms with van der Waals surface area (Å²) >= 11 is 0. The van der Waals surface area contributed by atoms with Crippen LogP contribution in [0.15, 0.2) is 47.6 Å². The molecule has 2 heterocycles. The maximum atomic E-state index is 4.44. The van der Waals surface area contributed by atoms with Crippen LogP contribution in [0.1, 0.15) is 16.8 Å². The molecule has 0 radical (unpaired) electrons. The fraction of sp³-hybridized carbons (Fsp3) is 0.0769. The Labute approximate surface area is 88.3 Å². The third-order valence-electron chi connectivity index (χ3n) is 2.62. The molecule has 1 aromatic carbocycles. The second-order valence-electron chi connectivity index (χ2n) is 3.60. The Morgan fingerprint density at radius 3 is 2.93 bits per heavy atom. The zero-order valence-corrected chi connectivity index (χ0v) is 8.22. The van der Waals surface area contributed by atoms with Gasteiger partial charge in [-0.05, 0) is 23.3 Å². The standard InChI is InChI=1S/C13H10N2/c1-2-5-11-9-15-12-6-3-7-14-13(12)8-10(11)4-1/h1-7,9H,8H2. The summed E-state index contributed by atoms with van der Waals surface area (Å²) in [6, 6.07) is 12.2. The lowest BCUT2D eigenvalue weighted by molar-refractivity contribution is 1.08. The van der Waals surface area contributed by atoms with Crippen molar-refractivity contribution in [3.05, 3.63) is 59.4 Å². The molecule has 1 aromatic heterocycles. The molecule has 0 aliphatic carbocycles. The first kappa shape index (κ1) is 8.36. The first-order chi connectivity index (χ1) is 7.43. The quantitative estimate of drug-likeness (QED) is 0.540. The number of aliphatic imine (C=N–C) groups is 1. The van der Waals surface area contributed by atoms with Gasteiger partial charge in [-0.1, -0.05) is 24.3 Å². The third kappa shape index (κ3) is 1.44. The van der Waals surface area contributed by atoms with Crippen molar-refractivity contribution in [1.29, 1.82) is 0 Å². The van der Waals surface area contributed by atoms with E-state index in [0.29, 0.717) is 0 Å². The van der Waals surface area contributed by atoms with E-state index in [1.807, 2.05) is 30.6 Å². The summed E-state index contributed by atoms with van der Waals surface area (Å²) < 4.78 is 0. The number of hydrogen-bond donors (Lipinski definition) is 0. The minimum atomic E-state index is 0.867. The highest BCUT2D eigenvalue weighted by Gasteiger charge is 2.09. The molecular weight excluding hydrogens is 184 g/mol. The lowest BCUT2D eigenvalue weighted by Crippen LogP contribution is -1.93. The molecule has 1 aliphatic heterocycles. The van der Waals surface area contributed by atoms with Crippen molar-refractivity contribution in [2.45, 2.75) is 6.42 Å². The molecule has 72 valence electrons. The molecule has 2 heteroatoms. The van der Waals surface area contributed by atoms with Crippen LogP contribution in [0.2, 0.25) is 0 Å². The maximum absolute atomic E-state index is 4.44. The van der Waals surface area contributed by atoms with Gasteiger partial charge in [-0.25, -0.2) is 0 Å². The van der Waals surface area contributed by atoms with Crippen LogP contribution in [-0.2, 0) is 6.42 Å². The van der Waals surface area contributed by atoms with Crippen LogP contribution in [0.3, 0.4) is 0 Å². The fourth-order valence-electron chi connectivity index (χ4n) is 1.82. The summed E-state index contributed by atoms with van der Waals surface area (Å²) in [7, 11) is 0. The van der Waals surface area contributed by atoms with Crippen LogP contribution in [0, 0.1) is 0 Å². The van der Waals surface area contributed by atoms with Crippen LogP contribution < -0.4 is 0 Å². The van der Waals surface area contributed by atoms with Gasteiger partial charge in [-0.3, -0.25) is 9.98 Å². The Balaban J connectivity index is 2.19. The number of nitrogens with zero attached hydrogens (tertiary/aromatic N) is 2. The highest BCUT2D eigenvalue weighted by atomic mass is 14.8. The number of fused-ring (bicyclic) bond motifs is 2. The van der Waals surface area contributed by atoms with Gasteiger partial charge >= 0.3 is 0 Å². The predicted octanol–water partition coefficient (Wildman–Crippen LogP) is 2.74. The second kappa shape index (κ2) is 3.31. The zero-order valence-electron chi connectivity index (χ0n) is 8.22. The van der Waals surface area contributed by atoms with Gasteiger partial charge in [0, 0.05) is 18.8 Å². The molecule has 0 saturated carbocycles. The molecule has 0 spiro atoms. The lowest BCUT2D eigenvalue weighted by atomic mass is 10.0. The van der Waals surface area contributed by atoms with Crippen LogP contribution >= 0.6 is 0 Å². The lowest BCUT2D eigenvalue weighted by Gasteiger charge is -2.02. The molecule has 0 amide bonds. The third-order valence-corrected chi connectivity index (χ3v) is 2.62. The normalized spacial score (nSPS) is 12.8. The Hall–Kier alpha value is -1.96. The van der Waals surface area contributed by atoms with Crippen molar-refractivity contribution in [3.63, 3.8) is 0 Å². The zero-order chi connectivity index (χ0) is 10.1. The monoisotopic (exact) mass is 194 g/mol. The van der Waals surface area contributed by atoms with E-state index in [1.54, 1.807) is 0 Å². The van der Waals surface area contributed by atoms with Gasteiger partial charge in [0.2, 0.25) is 0 Å². The predicted molar refractivity (Wildman–Crippen MR) is 60.7 cm³/mol. The summed E-state index contributed by atoms with van der Waals surface area (Å²) in [5.74, 6) is 0. The number of rotatable bonds is 0. The van der Waals surface area contributed by atoms with Gasteiger partial charge in [0.1, 0.15) is 0 Å². The Morgan fingerprint density at radius 1 is 1.00 bits per heavy atom. The minimum absolute atomic E-state index is 0.867. The summed E-state index contributed by atoms with van der Waals surface area (Å²) in [4.78, 5) is 8.80. The van der Waals surface area contributed by atoms with Gasteiger partial charge in [0.05, 0.1) is 11.4 Å². The van der Waals surface area contributed by atoms with Crippen molar-refractivity contribution >= 4 is 11.9 Å². The molecule has 2 aromatic rings. The highest BCUT2D eigenvalue weighted by Crippen LogP contribution is 2.24. The van der Waals surface area contributed by atoms with Crippen LogP contribution in [-0.4, -0.2) is 11.2 Å². The molecule has 3 rings (SSSR count). The van der Waals surface area contributed by atoms with E-state index < -0.39 is 0 Å². The molecule has 2 nitrogen and oxygen atoms in total. The number of hydrogen-bond acceptors (Lipinski definition) is 2. The Morgan fingerprint density at radius 2 is 1.93 bits per heavy atom. The molecule has 1 aliphatic rings. The fourth-order valence-corrected chi connectivity index (χ4v) is 1.82. The average molecular weight is 194 g/mol. The van der Waals surface area contributed by atoms with Crippen LogP contribution in [0.4, 0.5) is 5.69 Å². The van der Waals surface area contributed by atoms with Gasteiger partial charge in [-0.2, -0.15) is 0 Å². The van der Waals surface area contributed by atoms with Gasteiger partial charge < -0.3 is 0 Å². The summed E-state index contributed by atoms with van der Waals surface area (Å²) in [5.41, 5.74) is 4.52. The van der Waals surface area contributed by atoms with E-state index >= 15 is 0 Å². The first-order valence-electron chi connectivity index (χ1n) is 4.99. The molecule has 0 N–H and O–H groups in total. The van der Waals surface area contributed by atoms with Gasteiger partial charge in [0.15, 0.2) is 0 Å². The Bertz CT molecular complexity index is 482. The number of aromatic nitrogens is 1. The van der Waals surface area contributed by atoms with Crippen molar-refractivity contribution in [1.82, 2.24) is 4.98 Å². The highest BCUT2D eigenvalue weighted by molar-refractivity contribution is 5.85. The van der Waals surface area contributed by atoms with E-state index in [-0.39, 0.29) is 0 Å². The summed E-state index contributed by atoms with van der Waals surface area (Å²) in [5, 5.41) is 0. The molecule has 0 atom stereocenters. The summed E-state index contributed by atoms with van der Waals surface area (Å²) in [6.45, 7) is 0. The molecule has 0 fully saturated rings. The molecule has 0 saturated heterocycles. The Kier molecular flexibility index (Phi) is 1.85. The van der Waals surface area contributed by atoms with Crippen molar-refractivity contribution in [2.24, 2.45) is 4.99 Å². The van der Waals surface area contributed by atoms with E-state index in [9.17, 15) is 0 Å². The number of benzene rings is 1. The molecule has 15 heavy (non-hydrogen) atoms. The average Bonchev–Trinajstić information content (AvgIpc) is 2.48. The van der Waals surface area contributed by atoms with Crippen molar-refractivity contribution < 1.29 is 0 Å². The molecular formula is C13H10N2. The minimum Gasteiger partial charge on any atom is -0.259 e. The molecule has 0 bridgehead atoms. The topological polar surface area (TPSA) is 25.2 Å². The van der Waals surface area contributed by atoms with Gasteiger partial charge in [-0.15, -0.1) is 0 Å². The van der Waals surface area contributed by atoms with E-state index in [2.05, 4.69) is 28.2 Å². The maximum Gasteiger partial charge on any atom is 0.0848 e. The van der Waals surface area contributed by atoms with E-state index in [4.69, 9.17) is 0 Å². The van der Waals surface area contributed by atoms with E-state index in [1.165, 1.54) is 11.1 Å². The van der Waals surface area contributed by atoms with E-state index in [0.717, 1.165) is 17.8 Å². The second-order valence-corrected chi connectivity index (χ2v) is 3.60. The van der Waals surface area contributed by atoms with Crippen LogP contribution in [0.25, 0.3) is 0 Å². The SMILES string of the molecule is C1=Nc2cccnc2Cc2ccccc21. The van der Waals surface area contributed by atoms with Crippen molar-refractivity contribution in [2.75, 3.05) is 0 Å². The van der Waals surface area contributed by atoms with Gasteiger partial charge in [0.25, 0.3) is 0 Å².